The molecule has 3 heterocycles. The Morgan fingerprint density at radius 2 is 1.78 bits per heavy atom. The van der Waals surface area contributed by atoms with Gasteiger partial charge in [0, 0.05) is 38.9 Å². The number of carbonyl (C=O) groups excluding carboxylic acids is 1. The summed E-state index contributed by atoms with van der Waals surface area (Å²) in [6.07, 6.45) is 3.19. The lowest BCUT2D eigenvalue weighted by atomic mass is 10.2. The van der Waals surface area contributed by atoms with Crippen LogP contribution in [0.1, 0.15) is 21.6 Å². The highest BCUT2D eigenvalue weighted by Crippen LogP contribution is 2.18. The standard InChI is InChI=1S/C22H26N6O3S/c1-17-20(16-25-28(17)21-5-3-4-10-23-21)22(29)24-15-18-6-8-19(9-7-18)32(30,31)27-13-11-26(2)12-14-27/h3-10,16H,11-15H2,1-2H3,(H,24,29). The Morgan fingerprint density at radius 3 is 2.44 bits per heavy atom. The van der Waals surface area contributed by atoms with E-state index in [0.717, 1.165) is 18.7 Å². The normalized spacial score (nSPS) is 15.6. The van der Waals surface area contributed by atoms with Gasteiger partial charge < -0.3 is 10.2 Å². The van der Waals surface area contributed by atoms with E-state index >= 15 is 0 Å². The second-order valence-electron chi connectivity index (χ2n) is 7.78. The van der Waals surface area contributed by atoms with E-state index in [1.807, 2.05) is 32.2 Å². The molecule has 0 bridgehead atoms. The van der Waals surface area contributed by atoms with Crippen LogP contribution in [0.4, 0.5) is 0 Å². The molecule has 2 aromatic heterocycles. The molecule has 0 aliphatic carbocycles. The van der Waals surface area contributed by atoms with E-state index < -0.39 is 10.0 Å². The van der Waals surface area contributed by atoms with Crippen molar-refractivity contribution >= 4 is 15.9 Å². The van der Waals surface area contributed by atoms with E-state index in [4.69, 9.17) is 0 Å². The predicted octanol–water partition coefficient (Wildman–Crippen LogP) is 1.44. The van der Waals surface area contributed by atoms with E-state index in [1.54, 1.807) is 35.1 Å². The van der Waals surface area contributed by atoms with Crippen molar-refractivity contribution in [1.29, 1.82) is 0 Å². The second-order valence-corrected chi connectivity index (χ2v) is 9.72. The maximum absolute atomic E-state index is 12.8. The van der Waals surface area contributed by atoms with E-state index in [1.165, 1.54) is 10.5 Å². The van der Waals surface area contributed by atoms with E-state index in [-0.39, 0.29) is 17.3 Å². The third-order valence-electron chi connectivity index (χ3n) is 5.60. The number of likely N-dealkylation sites (N-methyl/N-ethyl adjacent to an activating group) is 1. The van der Waals surface area contributed by atoms with Gasteiger partial charge in [-0.25, -0.2) is 18.1 Å². The van der Waals surface area contributed by atoms with Gasteiger partial charge in [0.2, 0.25) is 10.0 Å². The van der Waals surface area contributed by atoms with Crippen LogP contribution in [-0.2, 0) is 16.6 Å². The van der Waals surface area contributed by atoms with Gasteiger partial charge in [0.25, 0.3) is 5.91 Å². The first kappa shape index (κ1) is 22.1. The molecule has 10 heteroatoms. The fourth-order valence-electron chi connectivity index (χ4n) is 3.58. The SMILES string of the molecule is Cc1c(C(=O)NCc2ccc(S(=O)(=O)N3CCN(C)CC3)cc2)cnn1-c1ccccn1. The van der Waals surface area contributed by atoms with Crippen LogP contribution >= 0.6 is 0 Å². The molecule has 9 nitrogen and oxygen atoms in total. The highest BCUT2D eigenvalue weighted by atomic mass is 32.2. The summed E-state index contributed by atoms with van der Waals surface area (Å²) in [6, 6.07) is 12.1. The number of piperazine rings is 1. The summed E-state index contributed by atoms with van der Waals surface area (Å²) in [5.74, 6) is 0.389. The Hall–Kier alpha value is -3.08. The van der Waals surface area contributed by atoms with Crippen LogP contribution in [0.5, 0.6) is 0 Å². The first-order valence-electron chi connectivity index (χ1n) is 10.4. The summed E-state index contributed by atoms with van der Waals surface area (Å²) in [7, 11) is -1.52. The van der Waals surface area contributed by atoms with Crippen LogP contribution in [0, 0.1) is 6.92 Å². The zero-order valence-electron chi connectivity index (χ0n) is 18.1. The van der Waals surface area contributed by atoms with Crippen LogP contribution in [0.15, 0.2) is 59.8 Å². The molecule has 4 rings (SSSR count). The molecule has 1 saturated heterocycles. The summed E-state index contributed by atoms with van der Waals surface area (Å²) in [4.78, 5) is 19.3. The molecule has 1 aliphatic heterocycles. The van der Waals surface area contributed by atoms with E-state index in [9.17, 15) is 13.2 Å². The molecule has 0 saturated carbocycles. The van der Waals surface area contributed by atoms with Crippen molar-refractivity contribution in [2.24, 2.45) is 0 Å². The van der Waals surface area contributed by atoms with Crippen molar-refractivity contribution in [3.8, 4) is 5.82 Å². The molecule has 1 amide bonds. The van der Waals surface area contributed by atoms with Gasteiger partial charge >= 0.3 is 0 Å². The number of nitrogens with one attached hydrogen (secondary N) is 1. The Kier molecular flexibility index (Phi) is 6.35. The molecule has 1 fully saturated rings. The highest BCUT2D eigenvalue weighted by Gasteiger charge is 2.27. The van der Waals surface area contributed by atoms with Gasteiger partial charge in [-0.3, -0.25) is 4.79 Å². The quantitative estimate of drug-likeness (QED) is 0.605. The molecule has 1 N–H and O–H groups in total. The number of rotatable bonds is 6. The molecule has 0 unspecified atom stereocenters. The number of hydrogen-bond acceptors (Lipinski definition) is 6. The monoisotopic (exact) mass is 454 g/mol. The Labute approximate surface area is 187 Å². The minimum Gasteiger partial charge on any atom is -0.348 e. The molecule has 32 heavy (non-hydrogen) atoms. The molecule has 3 aromatic rings. The van der Waals surface area contributed by atoms with Crippen molar-refractivity contribution in [3.05, 3.63) is 71.7 Å². The summed E-state index contributed by atoms with van der Waals surface area (Å²) in [5.41, 5.74) is 1.96. The lowest BCUT2D eigenvalue weighted by Crippen LogP contribution is -2.47. The van der Waals surface area contributed by atoms with Gasteiger partial charge in [-0.2, -0.15) is 9.40 Å². The van der Waals surface area contributed by atoms with Crippen LogP contribution in [-0.4, -0.2) is 71.5 Å². The average molecular weight is 455 g/mol. The number of aromatic nitrogens is 3. The van der Waals surface area contributed by atoms with Crippen molar-refractivity contribution in [2.45, 2.75) is 18.4 Å². The van der Waals surface area contributed by atoms with E-state index in [2.05, 4.69) is 20.3 Å². The third kappa shape index (κ3) is 4.57. The first-order chi connectivity index (χ1) is 15.4. The zero-order chi connectivity index (χ0) is 22.7. The zero-order valence-corrected chi connectivity index (χ0v) is 18.9. The summed E-state index contributed by atoms with van der Waals surface area (Å²) >= 11 is 0. The van der Waals surface area contributed by atoms with E-state index in [0.29, 0.717) is 30.2 Å². The number of carbonyl (C=O) groups is 1. The molecule has 168 valence electrons. The molecule has 0 atom stereocenters. The molecular formula is C22H26N6O3S. The number of amides is 1. The summed E-state index contributed by atoms with van der Waals surface area (Å²) in [5, 5.41) is 7.14. The average Bonchev–Trinajstić information content (AvgIpc) is 3.20. The highest BCUT2D eigenvalue weighted by molar-refractivity contribution is 7.89. The predicted molar refractivity (Wildman–Crippen MR) is 120 cm³/mol. The maximum atomic E-state index is 12.8. The van der Waals surface area contributed by atoms with Crippen molar-refractivity contribution in [1.82, 2.24) is 29.3 Å². The molecule has 1 aromatic carbocycles. The molecule has 1 aliphatic rings. The van der Waals surface area contributed by atoms with Crippen LogP contribution in [0.3, 0.4) is 0 Å². The van der Waals surface area contributed by atoms with Gasteiger partial charge in [-0.15, -0.1) is 0 Å². The number of benzene rings is 1. The van der Waals surface area contributed by atoms with Gasteiger partial charge in [-0.05, 0) is 43.8 Å². The summed E-state index contributed by atoms with van der Waals surface area (Å²) in [6.45, 7) is 4.51. The lowest BCUT2D eigenvalue weighted by Gasteiger charge is -2.31. The van der Waals surface area contributed by atoms with Gasteiger partial charge in [0.05, 0.1) is 22.3 Å². The number of pyridine rings is 1. The van der Waals surface area contributed by atoms with Crippen molar-refractivity contribution < 1.29 is 13.2 Å². The molecular weight excluding hydrogens is 428 g/mol. The number of sulfonamides is 1. The molecule has 0 radical (unpaired) electrons. The van der Waals surface area contributed by atoms with Gasteiger partial charge in [0.15, 0.2) is 5.82 Å². The van der Waals surface area contributed by atoms with Crippen LogP contribution < -0.4 is 5.32 Å². The minimum absolute atomic E-state index is 0.251. The van der Waals surface area contributed by atoms with Crippen LogP contribution in [0.2, 0.25) is 0 Å². The van der Waals surface area contributed by atoms with Gasteiger partial charge in [0.1, 0.15) is 0 Å². The topological polar surface area (TPSA) is 100 Å². The largest absolute Gasteiger partial charge is 0.348 e. The summed E-state index contributed by atoms with van der Waals surface area (Å²) < 4.78 is 28.8. The van der Waals surface area contributed by atoms with Crippen molar-refractivity contribution in [2.75, 3.05) is 33.2 Å². The van der Waals surface area contributed by atoms with Crippen molar-refractivity contribution in [3.63, 3.8) is 0 Å². The first-order valence-corrected chi connectivity index (χ1v) is 11.8. The fraction of sp³-hybridized carbons (Fsp3) is 0.318. The Bertz CT molecular complexity index is 1180. The smallest absolute Gasteiger partial charge is 0.255 e. The Balaban J connectivity index is 1.40. The fourth-order valence-corrected chi connectivity index (χ4v) is 5.00. The van der Waals surface area contributed by atoms with Gasteiger partial charge in [-0.1, -0.05) is 18.2 Å². The second kappa shape index (κ2) is 9.19. The lowest BCUT2D eigenvalue weighted by molar-refractivity contribution is 0.0950. The van der Waals surface area contributed by atoms with Crippen LogP contribution in [0.25, 0.3) is 5.82 Å². The number of nitrogens with zero attached hydrogens (tertiary/aromatic N) is 5. The minimum atomic E-state index is -3.50. The Morgan fingerprint density at radius 1 is 1.06 bits per heavy atom. The maximum Gasteiger partial charge on any atom is 0.255 e. The number of hydrogen-bond donors (Lipinski definition) is 1. The molecule has 0 spiro atoms. The third-order valence-corrected chi connectivity index (χ3v) is 7.51.